The van der Waals surface area contributed by atoms with Crippen molar-refractivity contribution >= 4 is 66.8 Å². The van der Waals surface area contributed by atoms with Crippen molar-refractivity contribution in [3.05, 3.63) is 193 Å². The van der Waals surface area contributed by atoms with Gasteiger partial charge in [0, 0.05) is 44.3 Å². The van der Waals surface area contributed by atoms with E-state index in [2.05, 4.69) is 200 Å². The van der Waals surface area contributed by atoms with E-state index in [1.807, 2.05) is 6.07 Å². The molecule has 0 radical (unpaired) electrons. The number of nitrogens with zero attached hydrogens (tertiary/aromatic N) is 2. The van der Waals surface area contributed by atoms with Gasteiger partial charge in [-0.05, 0) is 94.4 Å². The van der Waals surface area contributed by atoms with Crippen LogP contribution in [0.1, 0.15) is 25.0 Å². The zero-order valence-electron chi connectivity index (χ0n) is 29.1. The molecule has 8 aromatic carbocycles. The third-order valence-electron chi connectivity index (χ3n) is 10.8. The zero-order valence-corrected chi connectivity index (χ0v) is 29.1. The largest absolute Gasteiger partial charge is 0.454 e. The van der Waals surface area contributed by atoms with Gasteiger partial charge in [-0.25, -0.2) is 0 Å². The molecule has 0 unspecified atom stereocenters. The lowest BCUT2D eigenvalue weighted by molar-refractivity contribution is 0.660. The topological polar surface area (TPSA) is 19.6 Å². The molecule has 0 saturated carbocycles. The molecule has 0 aliphatic heterocycles. The molecule has 9 aromatic rings. The average molecular weight is 669 g/mol. The van der Waals surface area contributed by atoms with Crippen LogP contribution in [0.25, 0.3) is 43.8 Å². The van der Waals surface area contributed by atoms with Gasteiger partial charge in [0.15, 0.2) is 5.58 Å². The van der Waals surface area contributed by atoms with Gasteiger partial charge in [-0.3, -0.25) is 0 Å². The third kappa shape index (κ3) is 4.66. The van der Waals surface area contributed by atoms with E-state index in [9.17, 15) is 0 Å². The lowest BCUT2D eigenvalue weighted by Gasteiger charge is -2.29. The summed E-state index contributed by atoms with van der Waals surface area (Å²) in [7, 11) is 0. The van der Waals surface area contributed by atoms with Crippen LogP contribution in [0.3, 0.4) is 0 Å². The molecule has 0 atom stereocenters. The first-order chi connectivity index (χ1) is 25.6. The highest BCUT2D eigenvalue weighted by molar-refractivity contribution is 6.10. The predicted molar refractivity (Wildman–Crippen MR) is 218 cm³/mol. The molecule has 1 aliphatic rings. The van der Waals surface area contributed by atoms with Gasteiger partial charge in [-0.2, -0.15) is 0 Å². The summed E-state index contributed by atoms with van der Waals surface area (Å²) in [5.41, 5.74) is 13.4. The summed E-state index contributed by atoms with van der Waals surface area (Å²) in [5, 5.41) is 4.69. The van der Waals surface area contributed by atoms with E-state index < -0.39 is 0 Å². The number of anilines is 6. The second kappa shape index (κ2) is 11.8. The van der Waals surface area contributed by atoms with Gasteiger partial charge in [-0.15, -0.1) is 0 Å². The summed E-state index contributed by atoms with van der Waals surface area (Å²) in [6, 6.07) is 65.3. The normalized spacial score (nSPS) is 13.0. The van der Waals surface area contributed by atoms with Gasteiger partial charge in [0.2, 0.25) is 0 Å². The minimum absolute atomic E-state index is 0.245. The molecule has 1 heterocycles. The van der Waals surface area contributed by atoms with Crippen molar-refractivity contribution in [3.63, 3.8) is 0 Å². The van der Waals surface area contributed by atoms with E-state index >= 15 is 0 Å². The molecular formula is C49H36N2O. The van der Waals surface area contributed by atoms with Gasteiger partial charge < -0.3 is 14.2 Å². The number of hydrogen-bond donors (Lipinski definition) is 0. The van der Waals surface area contributed by atoms with Crippen molar-refractivity contribution in [3.8, 4) is 11.1 Å². The Bertz CT molecular complexity index is 2770. The predicted octanol–water partition coefficient (Wildman–Crippen LogP) is 14.0. The molecule has 1 aliphatic carbocycles. The highest BCUT2D eigenvalue weighted by atomic mass is 16.3. The zero-order chi connectivity index (χ0) is 34.8. The Kier molecular flexibility index (Phi) is 6.84. The minimum atomic E-state index is -0.245. The van der Waals surface area contributed by atoms with E-state index in [-0.39, 0.29) is 5.41 Å². The average Bonchev–Trinajstić information content (AvgIpc) is 3.68. The van der Waals surface area contributed by atoms with E-state index in [4.69, 9.17) is 4.42 Å². The minimum Gasteiger partial charge on any atom is -0.454 e. The van der Waals surface area contributed by atoms with Crippen molar-refractivity contribution in [2.24, 2.45) is 0 Å². The van der Waals surface area contributed by atoms with Crippen molar-refractivity contribution in [2.75, 3.05) is 9.80 Å². The standard InChI is InChI=1S/C49H36N2O/c1-49(2)43-31-36(50(34-17-5-3-6-18-34)45-24-13-16-33-15-9-10-21-38(33)45)27-29-39(43)40-30-28-37(32-44(40)49)51(35-19-7-4-8-20-35)46-25-14-23-42-41-22-11-12-26-47(41)52-48(42)46/h3-32H,1-2H3. The molecule has 0 spiro atoms. The van der Waals surface area contributed by atoms with Crippen molar-refractivity contribution in [1.29, 1.82) is 0 Å². The van der Waals surface area contributed by atoms with Crippen LogP contribution in [0.5, 0.6) is 0 Å². The Morgan fingerprint density at radius 3 is 1.58 bits per heavy atom. The molecule has 52 heavy (non-hydrogen) atoms. The lowest BCUT2D eigenvalue weighted by Crippen LogP contribution is -2.17. The summed E-state index contributed by atoms with van der Waals surface area (Å²) >= 11 is 0. The first-order valence-electron chi connectivity index (χ1n) is 17.9. The van der Waals surface area contributed by atoms with E-state index in [1.54, 1.807) is 0 Å². The maximum Gasteiger partial charge on any atom is 0.159 e. The van der Waals surface area contributed by atoms with Gasteiger partial charge in [0.25, 0.3) is 0 Å². The maximum absolute atomic E-state index is 6.58. The second-order valence-electron chi connectivity index (χ2n) is 14.2. The summed E-state index contributed by atoms with van der Waals surface area (Å²) in [6.45, 7) is 4.73. The van der Waals surface area contributed by atoms with Crippen LogP contribution in [0.4, 0.5) is 34.1 Å². The van der Waals surface area contributed by atoms with Crippen LogP contribution in [0.15, 0.2) is 186 Å². The first kappa shape index (κ1) is 30.3. The second-order valence-corrected chi connectivity index (χ2v) is 14.2. The maximum atomic E-state index is 6.58. The molecule has 0 bridgehead atoms. The Hall–Kier alpha value is -6.58. The van der Waals surface area contributed by atoms with E-state index in [1.165, 1.54) is 33.0 Å². The monoisotopic (exact) mass is 668 g/mol. The van der Waals surface area contributed by atoms with Crippen molar-refractivity contribution in [2.45, 2.75) is 19.3 Å². The van der Waals surface area contributed by atoms with Crippen LogP contribution < -0.4 is 9.80 Å². The Morgan fingerprint density at radius 1 is 0.404 bits per heavy atom. The van der Waals surface area contributed by atoms with Gasteiger partial charge in [0.1, 0.15) is 5.58 Å². The van der Waals surface area contributed by atoms with Crippen molar-refractivity contribution in [1.82, 2.24) is 0 Å². The van der Waals surface area contributed by atoms with E-state index in [0.29, 0.717) is 0 Å². The molecule has 10 rings (SSSR count). The quantitative estimate of drug-likeness (QED) is 0.176. The molecule has 0 saturated heterocycles. The molecule has 0 N–H and O–H groups in total. The van der Waals surface area contributed by atoms with Crippen LogP contribution >= 0.6 is 0 Å². The first-order valence-corrected chi connectivity index (χ1v) is 17.9. The van der Waals surface area contributed by atoms with Gasteiger partial charge >= 0.3 is 0 Å². The van der Waals surface area contributed by atoms with Gasteiger partial charge in [0.05, 0.1) is 11.4 Å². The fraction of sp³-hybridized carbons (Fsp3) is 0.0612. The number of rotatable bonds is 6. The highest BCUT2D eigenvalue weighted by Crippen LogP contribution is 2.53. The SMILES string of the molecule is CC1(C)c2cc(N(c3ccccc3)c3cccc4ccccc34)ccc2-c2ccc(N(c3ccccc3)c3cccc4c3oc3ccccc34)cc21. The molecule has 0 amide bonds. The smallest absolute Gasteiger partial charge is 0.159 e. The molecular weight excluding hydrogens is 633 g/mol. The fourth-order valence-corrected chi connectivity index (χ4v) is 8.31. The van der Waals surface area contributed by atoms with Gasteiger partial charge in [-0.1, -0.05) is 129 Å². The summed E-state index contributed by atoms with van der Waals surface area (Å²) in [4.78, 5) is 4.74. The molecule has 3 heteroatoms. The number of benzene rings is 8. The number of para-hydroxylation sites is 4. The number of furan rings is 1. The molecule has 3 nitrogen and oxygen atoms in total. The summed E-state index contributed by atoms with van der Waals surface area (Å²) < 4.78 is 6.58. The lowest BCUT2D eigenvalue weighted by atomic mass is 9.82. The number of fused-ring (bicyclic) bond motifs is 7. The summed E-state index contributed by atoms with van der Waals surface area (Å²) in [6.07, 6.45) is 0. The van der Waals surface area contributed by atoms with Crippen LogP contribution in [-0.2, 0) is 5.41 Å². The molecule has 1 aromatic heterocycles. The highest BCUT2D eigenvalue weighted by Gasteiger charge is 2.37. The third-order valence-corrected chi connectivity index (χ3v) is 10.8. The number of hydrogen-bond acceptors (Lipinski definition) is 3. The summed E-state index contributed by atoms with van der Waals surface area (Å²) in [5.74, 6) is 0. The van der Waals surface area contributed by atoms with Crippen LogP contribution in [-0.4, -0.2) is 0 Å². The van der Waals surface area contributed by atoms with Crippen molar-refractivity contribution < 1.29 is 4.42 Å². The van der Waals surface area contributed by atoms with Crippen LogP contribution in [0, 0.1) is 0 Å². The fourth-order valence-electron chi connectivity index (χ4n) is 8.31. The Morgan fingerprint density at radius 2 is 0.904 bits per heavy atom. The Balaban J connectivity index is 1.12. The Labute approximate surface area is 303 Å². The molecule has 248 valence electrons. The van der Waals surface area contributed by atoms with E-state index in [0.717, 1.165) is 56.1 Å². The van der Waals surface area contributed by atoms with Crippen LogP contribution in [0.2, 0.25) is 0 Å². The molecule has 0 fully saturated rings.